The highest BCUT2D eigenvalue weighted by atomic mass is 127. The first-order valence-electron chi connectivity index (χ1n) is 3.66. The topological polar surface area (TPSA) is 95.2 Å². The first-order valence-corrected chi connectivity index (χ1v) is 4.74. The van der Waals surface area contributed by atoms with Crippen molar-refractivity contribution in [1.82, 2.24) is 0 Å². The lowest BCUT2D eigenvalue weighted by atomic mass is 10.0. The van der Waals surface area contributed by atoms with Gasteiger partial charge < -0.3 is 0 Å². The van der Waals surface area contributed by atoms with Crippen LogP contribution < -0.4 is 0 Å². The minimum absolute atomic E-state index is 0.123. The van der Waals surface area contributed by atoms with Crippen LogP contribution in [0.2, 0.25) is 0 Å². The van der Waals surface area contributed by atoms with E-state index in [9.17, 15) is 0 Å². The molecule has 0 radical (unpaired) electrons. The summed E-state index contributed by atoms with van der Waals surface area (Å²) in [6, 6.07) is 8.61. The van der Waals surface area contributed by atoms with E-state index in [0.717, 1.165) is 0 Å². The summed E-state index contributed by atoms with van der Waals surface area (Å²) >= 11 is 1.79. The molecule has 0 aromatic heterocycles. The lowest BCUT2D eigenvalue weighted by molar-refractivity contribution is 1.35. The zero-order valence-corrected chi connectivity index (χ0v) is 9.40. The van der Waals surface area contributed by atoms with Crippen LogP contribution in [-0.2, 0) is 0 Å². The van der Waals surface area contributed by atoms with E-state index in [-0.39, 0.29) is 22.3 Å². The molecule has 1 rings (SSSR count). The van der Waals surface area contributed by atoms with Crippen molar-refractivity contribution < 1.29 is 0 Å². The van der Waals surface area contributed by atoms with Crippen LogP contribution in [0.3, 0.4) is 0 Å². The fraction of sp³-hybridized carbons (Fsp3) is 0. The number of hydrogen-bond acceptors (Lipinski definition) is 4. The van der Waals surface area contributed by atoms with Crippen LogP contribution in [0.5, 0.6) is 0 Å². The first-order chi connectivity index (χ1) is 7.19. The average molecular weight is 304 g/mol. The van der Waals surface area contributed by atoms with Crippen molar-refractivity contribution in [3.63, 3.8) is 0 Å². The van der Waals surface area contributed by atoms with Crippen molar-refractivity contribution in [2.24, 2.45) is 0 Å². The summed E-state index contributed by atoms with van der Waals surface area (Å²) in [5.41, 5.74) is 0.539. The maximum Gasteiger partial charge on any atom is 0.102 e. The maximum atomic E-state index is 8.82. The summed E-state index contributed by atoms with van der Waals surface area (Å²) in [7, 11) is 0. The maximum absolute atomic E-state index is 8.82. The highest BCUT2D eigenvalue weighted by molar-refractivity contribution is 14.1. The van der Waals surface area contributed by atoms with Crippen LogP contribution in [0.1, 0.15) is 22.3 Å². The zero-order valence-electron chi connectivity index (χ0n) is 7.24. The number of hydrogen-bond donors (Lipinski definition) is 0. The zero-order chi connectivity index (χ0) is 11.4. The van der Waals surface area contributed by atoms with Gasteiger partial charge in [0.2, 0.25) is 0 Å². The molecule has 0 N–H and O–H groups in total. The van der Waals surface area contributed by atoms with Crippen LogP contribution in [0.4, 0.5) is 0 Å². The Morgan fingerprint density at radius 1 is 0.800 bits per heavy atom. The van der Waals surface area contributed by atoms with Crippen molar-refractivity contribution >= 4 is 22.6 Å². The predicted octanol–water partition coefficient (Wildman–Crippen LogP) is 1.78. The minimum Gasteiger partial charge on any atom is -0.192 e. The second kappa shape index (κ2) is 4.42. The summed E-state index contributed by atoms with van der Waals surface area (Å²) in [5, 5.41) is 35.2. The third kappa shape index (κ3) is 1.74. The fourth-order valence-electron chi connectivity index (χ4n) is 1.05. The van der Waals surface area contributed by atoms with E-state index in [2.05, 4.69) is 0 Å². The quantitative estimate of drug-likeness (QED) is 0.682. The molecule has 0 atom stereocenters. The van der Waals surface area contributed by atoms with E-state index in [4.69, 9.17) is 21.0 Å². The summed E-state index contributed by atoms with van der Waals surface area (Å²) in [6.45, 7) is 0. The summed E-state index contributed by atoms with van der Waals surface area (Å²) in [5.74, 6) is 0. The molecule has 0 spiro atoms. The molecule has 0 aliphatic heterocycles. The Balaban J connectivity index is 3.80. The average Bonchev–Trinajstić information content (AvgIpc) is 2.27. The Morgan fingerprint density at radius 2 is 1.20 bits per heavy atom. The Kier molecular flexibility index (Phi) is 3.24. The van der Waals surface area contributed by atoms with Gasteiger partial charge in [-0.15, -0.1) is 0 Å². The molecule has 0 aliphatic rings. The van der Waals surface area contributed by atoms with Crippen LogP contribution in [0, 0.1) is 48.9 Å². The van der Waals surface area contributed by atoms with Crippen molar-refractivity contribution in [2.45, 2.75) is 0 Å². The number of rotatable bonds is 0. The molecule has 1 aromatic carbocycles. The van der Waals surface area contributed by atoms with Gasteiger partial charge in [-0.3, -0.25) is 0 Å². The van der Waals surface area contributed by atoms with Crippen molar-refractivity contribution in [1.29, 1.82) is 21.0 Å². The van der Waals surface area contributed by atoms with Gasteiger partial charge in [-0.2, -0.15) is 21.0 Å². The molecule has 0 bridgehead atoms. The van der Waals surface area contributed by atoms with Gasteiger partial charge in [0, 0.05) is 0 Å². The van der Waals surface area contributed by atoms with Gasteiger partial charge in [0.15, 0.2) is 0 Å². The molecule has 0 unspecified atom stereocenters. The van der Waals surface area contributed by atoms with Crippen LogP contribution in [-0.4, -0.2) is 0 Å². The fourth-order valence-corrected chi connectivity index (χ4v) is 1.87. The predicted molar refractivity (Wildman–Crippen MR) is 58.0 cm³/mol. The third-order valence-electron chi connectivity index (χ3n) is 1.73. The molecule has 4 nitrogen and oxygen atoms in total. The highest BCUT2D eigenvalue weighted by Gasteiger charge is 2.15. The summed E-state index contributed by atoms with van der Waals surface area (Å²) in [6.07, 6.45) is 0. The molecule has 15 heavy (non-hydrogen) atoms. The van der Waals surface area contributed by atoms with E-state index < -0.39 is 0 Å². The third-order valence-corrected chi connectivity index (χ3v) is 2.81. The van der Waals surface area contributed by atoms with Crippen molar-refractivity contribution in [2.75, 3.05) is 0 Å². The normalized spacial score (nSPS) is 8.07. The van der Waals surface area contributed by atoms with Crippen LogP contribution in [0.25, 0.3) is 0 Å². The van der Waals surface area contributed by atoms with Gasteiger partial charge >= 0.3 is 0 Å². The van der Waals surface area contributed by atoms with Crippen molar-refractivity contribution in [3.8, 4) is 24.3 Å². The highest BCUT2D eigenvalue weighted by Crippen LogP contribution is 2.23. The second-order valence-corrected chi connectivity index (χ2v) is 3.56. The molecule has 0 aliphatic carbocycles. The molecule has 5 heteroatoms. The lowest BCUT2D eigenvalue weighted by Crippen LogP contribution is -1.97. The van der Waals surface area contributed by atoms with Gasteiger partial charge in [0.1, 0.15) is 24.3 Å². The molecule has 0 heterocycles. The lowest BCUT2D eigenvalue weighted by Gasteiger charge is -2.02. The second-order valence-electron chi connectivity index (χ2n) is 2.48. The van der Waals surface area contributed by atoms with Gasteiger partial charge in [0.25, 0.3) is 0 Å². The minimum atomic E-state index is 0.123. The van der Waals surface area contributed by atoms with Gasteiger partial charge in [-0.25, -0.2) is 0 Å². The molecule has 0 saturated heterocycles. The molecule has 0 saturated carbocycles. The van der Waals surface area contributed by atoms with Gasteiger partial charge in [0.05, 0.1) is 25.8 Å². The van der Waals surface area contributed by atoms with Crippen LogP contribution in [0.15, 0.2) is 6.07 Å². The summed E-state index contributed by atoms with van der Waals surface area (Å²) in [4.78, 5) is 0. The Morgan fingerprint density at radius 3 is 1.47 bits per heavy atom. The van der Waals surface area contributed by atoms with Crippen LogP contribution >= 0.6 is 22.6 Å². The van der Waals surface area contributed by atoms with E-state index in [1.165, 1.54) is 6.07 Å². The number of nitriles is 4. The largest absolute Gasteiger partial charge is 0.192 e. The Bertz CT molecular complexity index is 540. The molecule has 1 aromatic rings. The molecular formula is C10HIN4. The molecule has 0 amide bonds. The van der Waals surface area contributed by atoms with Crippen molar-refractivity contribution in [3.05, 3.63) is 31.9 Å². The summed E-state index contributed by atoms with van der Waals surface area (Å²) < 4.78 is 0.355. The van der Waals surface area contributed by atoms with Gasteiger partial charge in [-0.1, -0.05) is 0 Å². The Hall–Kier alpha value is -2.09. The van der Waals surface area contributed by atoms with E-state index in [1.807, 2.05) is 24.3 Å². The first kappa shape index (κ1) is 11.0. The monoisotopic (exact) mass is 304 g/mol. The van der Waals surface area contributed by atoms with E-state index >= 15 is 0 Å². The SMILES string of the molecule is N#Cc1cc(C#N)c(C#N)c(I)c1C#N. The number of nitrogens with zero attached hydrogens (tertiary/aromatic N) is 4. The van der Waals surface area contributed by atoms with E-state index in [1.54, 1.807) is 22.6 Å². The smallest absolute Gasteiger partial charge is 0.102 e. The van der Waals surface area contributed by atoms with E-state index in [0.29, 0.717) is 3.57 Å². The number of halogens is 1. The molecular weight excluding hydrogens is 303 g/mol. The number of benzene rings is 1. The standard InChI is InChI=1S/C10HIN4/c11-10-8(4-14)6(2-12)1-7(3-13)9(10)5-15/h1H. The van der Waals surface area contributed by atoms with Gasteiger partial charge in [-0.05, 0) is 28.7 Å². The molecule has 0 fully saturated rings. The molecule has 68 valence electrons. The Labute approximate surface area is 99.7 Å².